The molecule has 0 aromatic carbocycles. The van der Waals surface area contributed by atoms with Crippen LogP contribution in [-0.4, -0.2) is 9.38 Å². The van der Waals surface area contributed by atoms with Crippen molar-refractivity contribution in [3.63, 3.8) is 0 Å². The molecule has 0 bridgehead atoms. The lowest BCUT2D eigenvalue weighted by atomic mass is 10.5. The average Bonchev–Trinajstić information content (AvgIpc) is 2.56. The van der Waals surface area contributed by atoms with Gasteiger partial charge >= 0.3 is 0 Å². The van der Waals surface area contributed by atoms with E-state index in [1.165, 1.54) is 11.3 Å². The van der Waals surface area contributed by atoms with Gasteiger partial charge in [-0.15, -0.1) is 11.3 Å². The highest BCUT2D eigenvalue weighted by Gasteiger charge is 2.10. The van der Waals surface area contributed by atoms with Crippen molar-refractivity contribution in [2.24, 2.45) is 5.90 Å². The maximum absolute atomic E-state index is 5.83. The van der Waals surface area contributed by atoms with Crippen molar-refractivity contribution in [2.45, 2.75) is 6.61 Å². The summed E-state index contributed by atoms with van der Waals surface area (Å²) in [5, 5.41) is 2.38. The first kappa shape index (κ1) is 8.00. The van der Waals surface area contributed by atoms with Gasteiger partial charge in [0.05, 0.1) is 5.69 Å². The van der Waals surface area contributed by atoms with Crippen molar-refractivity contribution >= 4 is 27.9 Å². The molecule has 0 aliphatic heterocycles. The number of hydrogen-bond donors (Lipinski definition) is 1. The summed E-state index contributed by atoms with van der Waals surface area (Å²) in [7, 11) is 0. The summed E-state index contributed by atoms with van der Waals surface area (Å²) in [5.74, 6) is 4.95. The first-order valence-electron chi connectivity index (χ1n) is 3.24. The van der Waals surface area contributed by atoms with Gasteiger partial charge in [0.1, 0.15) is 6.61 Å². The van der Waals surface area contributed by atoms with Crippen molar-refractivity contribution < 1.29 is 4.84 Å². The first-order valence-corrected chi connectivity index (χ1v) is 4.50. The second kappa shape index (κ2) is 3.02. The first-order chi connectivity index (χ1) is 5.83. The van der Waals surface area contributed by atoms with E-state index in [0.29, 0.717) is 5.15 Å². The lowest BCUT2D eigenvalue weighted by molar-refractivity contribution is 0.121. The number of imidazole rings is 1. The third kappa shape index (κ3) is 1.11. The van der Waals surface area contributed by atoms with Gasteiger partial charge in [-0.2, -0.15) is 0 Å². The molecule has 2 aromatic heterocycles. The van der Waals surface area contributed by atoms with Crippen LogP contribution in [0.1, 0.15) is 5.69 Å². The molecule has 0 atom stereocenters. The number of hydrogen-bond acceptors (Lipinski definition) is 4. The third-order valence-electron chi connectivity index (χ3n) is 1.53. The summed E-state index contributed by atoms with van der Waals surface area (Å²) in [6.07, 6.45) is 1.88. The van der Waals surface area contributed by atoms with E-state index in [-0.39, 0.29) is 6.61 Å². The molecule has 0 unspecified atom stereocenters. The van der Waals surface area contributed by atoms with Gasteiger partial charge in [-0.25, -0.2) is 10.9 Å². The van der Waals surface area contributed by atoms with E-state index >= 15 is 0 Å². The number of nitrogens with zero attached hydrogens (tertiary/aromatic N) is 2. The van der Waals surface area contributed by atoms with Crippen molar-refractivity contribution in [1.29, 1.82) is 0 Å². The molecule has 6 heteroatoms. The lowest BCUT2D eigenvalue weighted by Gasteiger charge is -1.95. The molecule has 0 radical (unpaired) electrons. The van der Waals surface area contributed by atoms with Crippen molar-refractivity contribution in [2.75, 3.05) is 0 Å². The van der Waals surface area contributed by atoms with E-state index in [1.807, 2.05) is 16.0 Å². The van der Waals surface area contributed by atoms with Crippen molar-refractivity contribution in [3.8, 4) is 0 Å². The summed E-state index contributed by atoms with van der Waals surface area (Å²) < 4.78 is 1.86. The Labute approximate surface area is 77.5 Å². The van der Waals surface area contributed by atoms with E-state index in [4.69, 9.17) is 17.5 Å². The number of fused-ring (bicyclic) bond motifs is 1. The molecule has 0 aliphatic rings. The number of aromatic nitrogens is 2. The molecule has 0 saturated heterocycles. The molecule has 12 heavy (non-hydrogen) atoms. The molecular formula is C6H6ClN3OS. The van der Waals surface area contributed by atoms with Crippen LogP contribution < -0.4 is 5.90 Å². The Morgan fingerprint density at radius 2 is 2.58 bits per heavy atom. The van der Waals surface area contributed by atoms with Gasteiger partial charge in [-0.3, -0.25) is 9.24 Å². The fraction of sp³-hybridized carbons (Fsp3) is 0.167. The Hall–Kier alpha value is -0.620. The quantitative estimate of drug-likeness (QED) is 0.752. The predicted molar refractivity (Wildman–Crippen MR) is 47.1 cm³/mol. The van der Waals surface area contributed by atoms with Gasteiger partial charge in [0.15, 0.2) is 10.1 Å². The van der Waals surface area contributed by atoms with Crippen LogP contribution in [0.2, 0.25) is 5.15 Å². The summed E-state index contributed by atoms with van der Waals surface area (Å²) in [6, 6.07) is 0. The highest BCUT2D eigenvalue weighted by Crippen LogP contribution is 2.21. The van der Waals surface area contributed by atoms with Crippen LogP contribution in [0.3, 0.4) is 0 Å². The Morgan fingerprint density at radius 1 is 1.75 bits per heavy atom. The van der Waals surface area contributed by atoms with Gasteiger partial charge in [0.25, 0.3) is 0 Å². The van der Waals surface area contributed by atoms with Gasteiger partial charge in [-0.05, 0) is 0 Å². The molecule has 0 aliphatic carbocycles. The number of thiazole rings is 1. The van der Waals surface area contributed by atoms with Gasteiger partial charge in [0, 0.05) is 11.6 Å². The fourth-order valence-electron chi connectivity index (χ4n) is 1.01. The van der Waals surface area contributed by atoms with Gasteiger partial charge in [0.2, 0.25) is 0 Å². The maximum atomic E-state index is 5.83. The lowest BCUT2D eigenvalue weighted by Crippen LogP contribution is -2.01. The molecule has 0 fully saturated rings. The van der Waals surface area contributed by atoms with Gasteiger partial charge < -0.3 is 0 Å². The van der Waals surface area contributed by atoms with E-state index in [2.05, 4.69) is 9.82 Å². The van der Waals surface area contributed by atoms with E-state index in [0.717, 1.165) is 10.7 Å². The Balaban J connectivity index is 2.59. The molecule has 0 saturated carbocycles. The predicted octanol–water partition coefficient (Wildman–Crippen LogP) is 1.44. The number of rotatable bonds is 2. The van der Waals surface area contributed by atoms with E-state index in [1.54, 1.807) is 0 Å². The molecular weight excluding hydrogens is 198 g/mol. The molecule has 0 amide bonds. The zero-order valence-corrected chi connectivity index (χ0v) is 7.60. The van der Waals surface area contributed by atoms with Gasteiger partial charge in [-0.1, -0.05) is 11.6 Å². The summed E-state index contributed by atoms with van der Waals surface area (Å²) in [5.41, 5.74) is 0.787. The van der Waals surface area contributed by atoms with Crippen LogP contribution in [0.4, 0.5) is 0 Å². The Morgan fingerprint density at radius 3 is 3.33 bits per heavy atom. The molecule has 64 valence electrons. The summed E-state index contributed by atoms with van der Waals surface area (Å²) in [6.45, 7) is 0.275. The third-order valence-corrected chi connectivity index (χ3v) is 2.59. The van der Waals surface area contributed by atoms with Crippen molar-refractivity contribution in [1.82, 2.24) is 9.38 Å². The van der Waals surface area contributed by atoms with Crippen LogP contribution in [0, 0.1) is 0 Å². The molecule has 2 aromatic rings. The summed E-state index contributed by atoms with van der Waals surface area (Å²) in [4.78, 5) is 9.46. The normalized spacial score (nSPS) is 11.2. The smallest absolute Gasteiger partial charge is 0.195 e. The van der Waals surface area contributed by atoms with Crippen LogP contribution >= 0.6 is 22.9 Å². The second-order valence-electron chi connectivity index (χ2n) is 2.22. The minimum absolute atomic E-state index is 0.275. The molecule has 2 heterocycles. The largest absolute Gasteiger partial charge is 0.298 e. The Bertz CT molecular complexity index is 396. The second-order valence-corrected chi connectivity index (χ2v) is 3.45. The highest BCUT2D eigenvalue weighted by molar-refractivity contribution is 7.15. The minimum atomic E-state index is 0.275. The van der Waals surface area contributed by atoms with Crippen LogP contribution in [-0.2, 0) is 11.4 Å². The zero-order chi connectivity index (χ0) is 8.55. The highest BCUT2D eigenvalue weighted by atomic mass is 35.5. The van der Waals surface area contributed by atoms with Crippen molar-refractivity contribution in [3.05, 3.63) is 22.4 Å². The minimum Gasteiger partial charge on any atom is -0.298 e. The standard InChI is InChI=1S/C6H6ClN3OS/c7-5-4(3-11-8)10-1-2-12-6(10)9-5/h1-2H,3,8H2. The maximum Gasteiger partial charge on any atom is 0.195 e. The SMILES string of the molecule is NOCc1c(Cl)nc2sccn12. The fourth-order valence-corrected chi connectivity index (χ4v) is 2.02. The number of nitrogens with two attached hydrogens (primary N) is 1. The molecule has 0 spiro atoms. The average molecular weight is 204 g/mol. The topological polar surface area (TPSA) is 52.5 Å². The monoisotopic (exact) mass is 203 g/mol. The number of halogens is 1. The molecule has 2 rings (SSSR count). The zero-order valence-electron chi connectivity index (χ0n) is 6.03. The summed E-state index contributed by atoms with van der Waals surface area (Å²) >= 11 is 7.35. The molecule has 4 nitrogen and oxygen atoms in total. The molecule has 2 N–H and O–H groups in total. The van der Waals surface area contributed by atoms with Crippen LogP contribution in [0.5, 0.6) is 0 Å². The van der Waals surface area contributed by atoms with E-state index < -0.39 is 0 Å². The van der Waals surface area contributed by atoms with Crippen LogP contribution in [0.25, 0.3) is 4.96 Å². The van der Waals surface area contributed by atoms with E-state index in [9.17, 15) is 0 Å². The Kier molecular flexibility index (Phi) is 2.02. The van der Waals surface area contributed by atoms with Crippen LogP contribution in [0.15, 0.2) is 11.6 Å².